The predicted molar refractivity (Wildman–Crippen MR) is 78.0 cm³/mol. The van der Waals surface area contributed by atoms with Crippen LogP contribution in [0.15, 0.2) is 12.7 Å². The van der Waals surface area contributed by atoms with E-state index in [0.717, 1.165) is 0 Å². The molecule has 3 aliphatic heterocycles. The highest BCUT2D eigenvalue weighted by Gasteiger charge is 2.65. The lowest BCUT2D eigenvalue weighted by Gasteiger charge is -2.35. The molecule has 6 heteroatoms. The van der Waals surface area contributed by atoms with Crippen molar-refractivity contribution in [3.63, 3.8) is 0 Å². The summed E-state index contributed by atoms with van der Waals surface area (Å²) in [4.78, 5) is 0. The number of aliphatic hydroxyl groups is 1. The van der Waals surface area contributed by atoms with E-state index in [9.17, 15) is 5.11 Å². The minimum atomic E-state index is -1.19. The van der Waals surface area contributed by atoms with Crippen LogP contribution in [0.3, 0.4) is 0 Å². The molecule has 126 valence electrons. The van der Waals surface area contributed by atoms with Gasteiger partial charge in [-0.2, -0.15) is 0 Å². The zero-order chi connectivity index (χ0) is 16.2. The maximum atomic E-state index is 11.3. The van der Waals surface area contributed by atoms with Crippen molar-refractivity contribution in [1.29, 1.82) is 0 Å². The molecule has 3 aliphatic rings. The fourth-order valence-electron chi connectivity index (χ4n) is 3.48. The molecule has 3 rings (SSSR count). The number of rotatable bonds is 4. The maximum Gasteiger partial charge on any atom is 0.190 e. The van der Waals surface area contributed by atoms with Crippen LogP contribution in [0.5, 0.6) is 0 Å². The molecule has 0 radical (unpaired) electrons. The fourth-order valence-corrected chi connectivity index (χ4v) is 3.48. The Labute approximate surface area is 131 Å². The summed E-state index contributed by atoms with van der Waals surface area (Å²) in [6.07, 6.45) is 0.856. The van der Waals surface area contributed by atoms with Crippen LogP contribution in [0.1, 0.15) is 40.5 Å². The quantitative estimate of drug-likeness (QED) is 0.797. The van der Waals surface area contributed by atoms with Gasteiger partial charge in [-0.05, 0) is 40.5 Å². The zero-order valence-electron chi connectivity index (χ0n) is 13.7. The molecular formula is C16H26O6. The van der Waals surface area contributed by atoms with Gasteiger partial charge in [0.2, 0.25) is 0 Å². The van der Waals surface area contributed by atoms with Crippen LogP contribution in [-0.4, -0.2) is 53.5 Å². The molecule has 0 aliphatic carbocycles. The van der Waals surface area contributed by atoms with Crippen LogP contribution < -0.4 is 0 Å². The van der Waals surface area contributed by atoms with Crippen molar-refractivity contribution in [2.45, 2.75) is 82.3 Å². The summed E-state index contributed by atoms with van der Waals surface area (Å²) in [6.45, 7) is 11.4. The van der Waals surface area contributed by atoms with Crippen molar-refractivity contribution in [1.82, 2.24) is 0 Å². The number of allylic oxidation sites excluding steroid dienone is 1. The van der Waals surface area contributed by atoms with Crippen LogP contribution >= 0.6 is 0 Å². The van der Waals surface area contributed by atoms with Gasteiger partial charge < -0.3 is 28.8 Å². The Bertz CT molecular complexity index is 448. The van der Waals surface area contributed by atoms with Gasteiger partial charge in [0.1, 0.15) is 23.9 Å². The van der Waals surface area contributed by atoms with Gasteiger partial charge in [0.05, 0.1) is 6.61 Å². The Morgan fingerprint density at radius 3 is 2.41 bits per heavy atom. The second-order valence-electron chi connectivity index (χ2n) is 7.17. The van der Waals surface area contributed by atoms with Crippen molar-refractivity contribution in [3.05, 3.63) is 12.7 Å². The van der Waals surface area contributed by atoms with Crippen molar-refractivity contribution in [2.75, 3.05) is 6.61 Å². The van der Waals surface area contributed by atoms with Gasteiger partial charge in [-0.1, -0.05) is 6.08 Å². The Balaban J connectivity index is 1.83. The van der Waals surface area contributed by atoms with Crippen molar-refractivity contribution in [2.24, 2.45) is 0 Å². The van der Waals surface area contributed by atoms with Crippen molar-refractivity contribution >= 4 is 0 Å². The Hall–Kier alpha value is -0.500. The molecule has 0 spiro atoms. The molecule has 1 N–H and O–H groups in total. The first kappa shape index (κ1) is 16.4. The van der Waals surface area contributed by atoms with Gasteiger partial charge in [0.25, 0.3) is 0 Å². The lowest BCUT2D eigenvalue weighted by Crippen LogP contribution is -2.54. The van der Waals surface area contributed by atoms with E-state index < -0.39 is 35.7 Å². The summed E-state index contributed by atoms with van der Waals surface area (Å²) in [7, 11) is 0. The molecule has 0 aromatic carbocycles. The van der Waals surface area contributed by atoms with E-state index in [1.165, 1.54) is 0 Å². The molecule has 6 nitrogen and oxygen atoms in total. The summed E-state index contributed by atoms with van der Waals surface area (Å²) in [5, 5.41) is 11.3. The van der Waals surface area contributed by atoms with Gasteiger partial charge in [0, 0.05) is 0 Å². The van der Waals surface area contributed by atoms with Crippen LogP contribution in [0.25, 0.3) is 0 Å². The third kappa shape index (κ3) is 2.72. The molecule has 3 heterocycles. The molecule has 0 aromatic rings. The van der Waals surface area contributed by atoms with Crippen LogP contribution in [0, 0.1) is 0 Å². The number of hydrogen-bond acceptors (Lipinski definition) is 6. The number of fused-ring (bicyclic) bond motifs is 1. The van der Waals surface area contributed by atoms with Crippen molar-refractivity contribution < 1.29 is 28.8 Å². The van der Waals surface area contributed by atoms with Crippen LogP contribution in [0.2, 0.25) is 0 Å². The number of hydrogen-bond donors (Lipinski definition) is 1. The summed E-state index contributed by atoms with van der Waals surface area (Å²) < 4.78 is 29.1. The SMILES string of the molecule is C=CCC[C@@]1(O)[C@@H]([C@H]2COC(C)(C)O2)O[C@@H]2OC(C)(C)O[C@@H]21. The normalized spacial score (nSPS) is 45.9. The van der Waals surface area contributed by atoms with E-state index in [4.69, 9.17) is 23.7 Å². The minimum absolute atomic E-state index is 0.356. The van der Waals surface area contributed by atoms with Crippen LogP contribution in [0.4, 0.5) is 0 Å². The van der Waals surface area contributed by atoms with E-state index in [2.05, 4.69) is 6.58 Å². The second-order valence-corrected chi connectivity index (χ2v) is 7.17. The van der Waals surface area contributed by atoms with E-state index in [1.54, 1.807) is 6.08 Å². The summed E-state index contributed by atoms with van der Waals surface area (Å²) in [5.41, 5.74) is -1.19. The van der Waals surface area contributed by atoms with E-state index >= 15 is 0 Å². The predicted octanol–water partition coefficient (Wildman–Crippen LogP) is 1.71. The van der Waals surface area contributed by atoms with Crippen molar-refractivity contribution in [3.8, 4) is 0 Å². The number of ether oxygens (including phenoxy) is 5. The Morgan fingerprint density at radius 2 is 1.82 bits per heavy atom. The molecule has 0 unspecified atom stereocenters. The monoisotopic (exact) mass is 314 g/mol. The van der Waals surface area contributed by atoms with Gasteiger partial charge in [-0.25, -0.2) is 0 Å². The molecule has 5 atom stereocenters. The molecule has 0 bridgehead atoms. The molecule has 3 saturated heterocycles. The van der Waals surface area contributed by atoms with E-state index in [1.807, 2.05) is 27.7 Å². The smallest absolute Gasteiger partial charge is 0.190 e. The lowest BCUT2D eigenvalue weighted by molar-refractivity contribution is -0.248. The van der Waals surface area contributed by atoms with Gasteiger partial charge in [-0.3, -0.25) is 0 Å². The third-order valence-corrected chi connectivity index (χ3v) is 4.44. The first-order valence-electron chi connectivity index (χ1n) is 7.83. The second kappa shape index (κ2) is 5.26. The topological polar surface area (TPSA) is 66.4 Å². The molecule has 0 saturated carbocycles. The van der Waals surface area contributed by atoms with E-state index in [0.29, 0.717) is 19.4 Å². The third-order valence-electron chi connectivity index (χ3n) is 4.44. The molecule has 0 amide bonds. The zero-order valence-corrected chi connectivity index (χ0v) is 13.7. The average molecular weight is 314 g/mol. The molecular weight excluding hydrogens is 288 g/mol. The Morgan fingerprint density at radius 1 is 1.09 bits per heavy atom. The highest BCUT2D eigenvalue weighted by molar-refractivity contribution is 5.08. The van der Waals surface area contributed by atoms with E-state index in [-0.39, 0.29) is 6.10 Å². The minimum Gasteiger partial charge on any atom is -0.384 e. The first-order valence-corrected chi connectivity index (χ1v) is 7.83. The highest BCUT2D eigenvalue weighted by Crippen LogP contribution is 2.47. The molecule has 3 fully saturated rings. The molecule has 22 heavy (non-hydrogen) atoms. The standard InChI is InChI=1S/C16H26O6/c1-6-7-8-16(17)11(10-9-18-14(2,3)20-10)19-13-12(16)21-15(4,5)22-13/h6,10-13,17H,1,7-9H2,2-5H3/t10-,11-,12+,13-,16-/m1/s1. The Kier molecular flexibility index (Phi) is 3.91. The summed E-state index contributed by atoms with van der Waals surface area (Å²) in [6, 6.07) is 0. The summed E-state index contributed by atoms with van der Waals surface area (Å²) >= 11 is 0. The van der Waals surface area contributed by atoms with Gasteiger partial charge in [0.15, 0.2) is 17.9 Å². The maximum absolute atomic E-state index is 11.3. The lowest BCUT2D eigenvalue weighted by atomic mass is 9.85. The molecule has 0 aromatic heterocycles. The van der Waals surface area contributed by atoms with Crippen LogP contribution in [-0.2, 0) is 23.7 Å². The average Bonchev–Trinajstić information content (AvgIpc) is 2.99. The highest BCUT2D eigenvalue weighted by atomic mass is 16.8. The largest absolute Gasteiger partial charge is 0.384 e. The summed E-state index contributed by atoms with van der Waals surface area (Å²) in [5.74, 6) is -1.44. The fraction of sp³-hybridized carbons (Fsp3) is 0.875. The first-order chi connectivity index (χ1) is 10.2. The van der Waals surface area contributed by atoms with Gasteiger partial charge in [-0.15, -0.1) is 6.58 Å². The van der Waals surface area contributed by atoms with Gasteiger partial charge >= 0.3 is 0 Å².